The van der Waals surface area contributed by atoms with Crippen molar-refractivity contribution in [1.29, 1.82) is 0 Å². The van der Waals surface area contributed by atoms with E-state index in [1.807, 2.05) is 37.3 Å². The van der Waals surface area contributed by atoms with E-state index in [-0.39, 0.29) is 21.8 Å². The Morgan fingerprint density at radius 1 is 1.33 bits per heavy atom. The van der Waals surface area contributed by atoms with E-state index in [4.69, 9.17) is 0 Å². The number of hydrogen-bond acceptors (Lipinski definition) is 3. The Hall–Kier alpha value is -1.95. The molecule has 0 saturated heterocycles. The van der Waals surface area contributed by atoms with Crippen LogP contribution in [0.15, 0.2) is 46.9 Å². The molecule has 0 saturated carbocycles. The summed E-state index contributed by atoms with van der Waals surface area (Å²) in [5, 5.41) is 14.0. The highest BCUT2D eigenvalue weighted by Crippen LogP contribution is 2.31. The predicted molar refractivity (Wildman–Crippen MR) is 84.1 cm³/mol. The van der Waals surface area contributed by atoms with Gasteiger partial charge >= 0.3 is 0 Å². The summed E-state index contributed by atoms with van der Waals surface area (Å²) in [6, 6.07) is 12.1. The van der Waals surface area contributed by atoms with Crippen LogP contribution in [-0.4, -0.2) is 11.5 Å². The minimum Gasteiger partial charge on any atom is -0.379 e. The molecule has 4 nitrogen and oxygen atoms in total. The van der Waals surface area contributed by atoms with Crippen molar-refractivity contribution in [3.8, 4) is 0 Å². The van der Waals surface area contributed by atoms with E-state index < -0.39 is 10.7 Å². The molecule has 2 aromatic rings. The fourth-order valence-corrected chi connectivity index (χ4v) is 2.32. The number of rotatable bonds is 5. The lowest BCUT2D eigenvalue weighted by atomic mass is 10.0. The van der Waals surface area contributed by atoms with Gasteiger partial charge in [0.05, 0.1) is 9.40 Å². The van der Waals surface area contributed by atoms with Crippen LogP contribution in [0.25, 0.3) is 0 Å². The molecule has 2 rings (SSSR count). The minimum atomic E-state index is -0.532. The largest absolute Gasteiger partial charge is 0.379 e. The molecule has 6 heteroatoms. The van der Waals surface area contributed by atoms with E-state index in [1.54, 1.807) is 0 Å². The van der Waals surface area contributed by atoms with E-state index in [0.29, 0.717) is 6.54 Å². The first-order valence-corrected chi connectivity index (χ1v) is 7.20. The number of nitro benzene ring substituents is 1. The van der Waals surface area contributed by atoms with Crippen LogP contribution in [0.2, 0.25) is 0 Å². The van der Waals surface area contributed by atoms with E-state index >= 15 is 0 Å². The zero-order chi connectivity index (χ0) is 15.4. The van der Waals surface area contributed by atoms with Crippen LogP contribution in [0.4, 0.5) is 15.8 Å². The standard InChI is InChI=1S/C15H14BrFN2O2/c1-10(11-5-3-2-4-6-11)9-18-14-8-13(17)12(16)7-15(14)19(20)21/h2-8,10,18H,9H2,1H3. The fraction of sp³-hybridized carbons (Fsp3) is 0.200. The molecule has 0 aliphatic carbocycles. The first kappa shape index (κ1) is 15.4. The Morgan fingerprint density at radius 3 is 2.62 bits per heavy atom. The molecule has 110 valence electrons. The molecule has 0 bridgehead atoms. The summed E-state index contributed by atoms with van der Waals surface area (Å²) in [6.07, 6.45) is 0. The maximum atomic E-state index is 13.6. The van der Waals surface area contributed by atoms with E-state index in [0.717, 1.165) is 11.6 Å². The van der Waals surface area contributed by atoms with Crippen LogP contribution in [0.1, 0.15) is 18.4 Å². The quantitative estimate of drug-likeness (QED) is 0.626. The highest BCUT2D eigenvalue weighted by molar-refractivity contribution is 9.10. The van der Waals surface area contributed by atoms with Crippen molar-refractivity contribution >= 4 is 27.3 Å². The molecule has 0 aliphatic rings. The molecule has 1 unspecified atom stereocenters. The Bertz CT molecular complexity index is 650. The normalized spacial score (nSPS) is 12.0. The van der Waals surface area contributed by atoms with Crippen LogP contribution < -0.4 is 5.32 Å². The van der Waals surface area contributed by atoms with Gasteiger partial charge in [-0.15, -0.1) is 0 Å². The number of hydrogen-bond donors (Lipinski definition) is 1. The first-order valence-electron chi connectivity index (χ1n) is 6.41. The molecule has 0 heterocycles. The molecule has 0 radical (unpaired) electrons. The number of nitrogens with zero attached hydrogens (tertiary/aromatic N) is 1. The highest BCUT2D eigenvalue weighted by Gasteiger charge is 2.18. The average Bonchev–Trinajstić information content (AvgIpc) is 2.48. The number of anilines is 1. The molecule has 0 aromatic heterocycles. The first-order chi connectivity index (χ1) is 9.99. The summed E-state index contributed by atoms with van der Waals surface area (Å²) in [5.74, 6) is -0.382. The molecule has 1 N–H and O–H groups in total. The summed E-state index contributed by atoms with van der Waals surface area (Å²) in [7, 11) is 0. The van der Waals surface area contributed by atoms with Crippen molar-refractivity contribution in [2.45, 2.75) is 12.8 Å². The fourth-order valence-electron chi connectivity index (χ4n) is 1.99. The summed E-state index contributed by atoms with van der Waals surface area (Å²) in [5.41, 5.74) is 1.15. The molecule has 21 heavy (non-hydrogen) atoms. The second-order valence-corrected chi connectivity index (χ2v) is 5.59. The smallest absolute Gasteiger partial charge is 0.293 e. The predicted octanol–water partition coefficient (Wildman–Crippen LogP) is 4.71. The third-order valence-electron chi connectivity index (χ3n) is 3.20. The topological polar surface area (TPSA) is 55.2 Å². The van der Waals surface area contributed by atoms with Gasteiger partial charge in [0.25, 0.3) is 5.69 Å². The average molecular weight is 353 g/mol. The SMILES string of the molecule is CC(CNc1cc(F)c(Br)cc1[N+](=O)[O-])c1ccccc1. The summed E-state index contributed by atoms with van der Waals surface area (Å²) >= 11 is 2.96. The molecule has 0 fully saturated rings. The maximum Gasteiger partial charge on any atom is 0.293 e. The van der Waals surface area contributed by atoms with Gasteiger partial charge in [-0.3, -0.25) is 10.1 Å². The van der Waals surface area contributed by atoms with Gasteiger partial charge in [0.15, 0.2) is 0 Å². The summed E-state index contributed by atoms with van der Waals surface area (Å²) < 4.78 is 13.6. The summed E-state index contributed by atoms with van der Waals surface area (Å²) in [4.78, 5) is 10.5. The number of halogens is 2. The van der Waals surface area contributed by atoms with Gasteiger partial charge < -0.3 is 5.32 Å². The lowest BCUT2D eigenvalue weighted by Gasteiger charge is -2.14. The Balaban J connectivity index is 2.16. The lowest BCUT2D eigenvalue weighted by Crippen LogP contribution is -2.11. The second-order valence-electron chi connectivity index (χ2n) is 4.73. The lowest BCUT2D eigenvalue weighted by molar-refractivity contribution is -0.384. The highest BCUT2D eigenvalue weighted by atomic mass is 79.9. The monoisotopic (exact) mass is 352 g/mol. The zero-order valence-corrected chi connectivity index (χ0v) is 12.9. The van der Waals surface area contributed by atoms with Crippen LogP contribution in [0.3, 0.4) is 0 Å². The van der Waals surface area contributed by atoms with Crippen LogP contribution >= 0.6 is 15.9 Å². The molecular formula is C15H14BrFN2O2. The molecule has 1 atom stereocenters. The van der Waals surface area contributed by atoms with Crippen molar-refractivity contribution in [3.63, 3.8) is 0 Å². The maximum absolute atomic E-state index is 13.6. The zero-order valence-electron chi connectivity index (χ0n) is 11.3. The van der Waals surface area contributed by atoms with Gasteiger partial charge in [0.1, 0.15) is 11.5 Å². The van der Waals surface area contributed by atoms with Crippen LogP contribution in [-0.2, 0) is 0 Å². The van der Waals surface area contributed by atoms with E-state index in [9.17, 15) is 14.5 Å². The number of nitrogens with one attached hydrogen (secondary N) is 1. The molecule has 0 aliphatic heterocycles. The molecule has 0 amide bonds. The minimum absolute atomic E-state index is 0.0795. The second kappa shape index (κ2) is 6.67. The Morgan fingerprint density at radius 2 is 2.00 bits per heavy atom. The van der Waals surface area contributed by atoms with Crippen molar-refractivity contribution < 1.29 is 9.31 Å². The third-order valence-corrected chi connectivity index (χ3v) is 3.81. The number of benzene rings is 2. The molecule has 0 spiro atoms. The van der Waals surface area contributed by atoms with Gasteiger partial charge in [-0.05, 0) is 27.4 Å². The van der Waals surface area contributed by atoms with Crippen molar-refractivity contribution in [3.05, 3.63) is 68.4 Å². The van der Waals surface area contributed by atoms with Gasteiger partial charge in [-0.1, -0.05) is 37.3 Å². The van der Waals surface area contributed by atoms with Crippen molar-refractivity contribution in [2.24, 2.45) is 0 Å². The van der Waals surface area contributed by atoms with Gasteiger partial charge in [-0.25, -0.2) is 4.39 Å². The van der Waals surface area contributed by atoms with E-state index in [2.05, 4.69) is 21.2 Å². The van der Waals surface area contributed by atoms with Gasteiger partial charge in [0, 0.05) is 18.7 Å². The van der Waals surface area contributed by atoms with Crippen LogP contribution in [0.5, 0.6) is 0 Å². The molecule has 2 aromatic carbocycles. The third kappa shape index (κ3) is 3.78. The molecular weight excluding hydrogens is 339 g/mol. The van der Waals surface area contributed by atoms with E-state index in [1.165, 1.54) is 6.07 Å². The van der Waals surface area contributed by atoms with Crippen LogP contribution in [0, 0.1) is 15.9 Å². The van der Waals surface area contributed by atoms with Crippen molar-refractivity contribution in [1.82, 2.24) is 0 Å². The summed E-state index contributed by atoms with van der Waals surface area (Å²) in [6.45, 7) is 2.48. The van der Waals surface area contributed by atoms with Gasteiger partial charge in [-0.2, -0.15) is 0 Å². The van der Waals surface area contributed by atoms with Gasteiger partial charge in [0.2, 0.25) is 0 Å². The Kier molecular flexibility index (Phi) is 4.90. The van der Waals surface area contributed by atoms with Crippen molar-refractivity contribution in [2.75, 3.05) is 11.9 Å². The Labute approximate surface area is 130 Å². The number of nitro groups is 1.